The Hall–Kier alpha value is -3.07. The molecule has 138 valence electrons. The van der Waals surface area contributed by atoms with E-state index in [-0.39, 0.29) is 11.9 Å². The van der Waals surface area contributed by atoms with Crippen molar-refractivity contribution in [1.29, 1.82) is 0 Å². The molecule has 3 rings (SSSR count). The number of rotatable bonds is 6. The van der Waals surface area contributed by atoms with Crippen LogP contribution in [0, 0.1) is 0 Å². The molecule has 0 aliphatic carbocycles. The maximum atomic E-state index is 13.4. The number of hydrogen-bond acceptors (Lipinski definition) is 2. The number of carbonyl (C=O) groups is 1. The summed E-state index contributed by atoms with van der Waals surface area (Å²) in [6.45, 7) is 3.98. The van der Waals surface area contributed by atoms with E-state index in [1.54, 1.807) is 7.11 Å². The fourth-order valence-corrected chi connectivity index (χ4v) is 3.29. The molecule has 0 radical (unpaired) electrons. The minimum Gasteiger partial charge on any atom is -0.497 e. The summed E-state index contributed by atoms with van der Waals surface area (Å²) in [5, 5.41) is 3.19. The monoisotopic (exact) mass is 359 g/mol. The van der Waals surface area contributed by atoms with E-state index in [1.165, 1.54) is 0 Å². The molecule has 0 fully saturated rings. The van der Waals surface area contributed by atoms with Crippen LogP contribution >= 0.6 is 0 Å². The molecule has 0 heterocycles. The second-order valence-electron chi connectivity index (χ2n) is 6.83. The van der Waals surface area contributed by atoms with Crippen molar-refractivity contribution in [2.75, 3.05) is 7.11 Å². The van der Waals surface area contributed by atoms with Crippen molar-refractivity contribution in [3.8, 4) is 5.75 Å². The summed E-state index contributed by atoms with van der Waals surface area (Å²) in [5.41, 5.74) is 2.20. The second kappa shape index (κ2) is 8.09. The minimum absolute atomic E-state index is 0.0248. The third-order valence-electron chi connectivity index (χ3n) is 5.12. The first kappa shape index (κ1) is 18.7. The second-order valence-corrected chi connectivity index (χ2v) is 6.83. The highest BCUT2D eigenvalue weighted by molar-refractivity contribution is 5.91. The average molecular weight is 359 g/mol. The van der Waals surface area contributed by atoms with E-state index in [9.17, 15) is 4.79 Å². The molecule has 3 aromatic carbocycles. The fraction of sp³-hybridized carbons (Fsp3) is 0.208. The van der Waals surface area contributed by atoms with Crippen molar-refractivity contribution >= 4 is 5.91 Å². The summed E-state index contributed by atoms with van der Waals surface area (Å²) in [6.07, 6.45) is 0. The van der Waals surface area contributed by atoms with Crippen molar-refractivity contribution in [3.63, 3.8) is 0 Å². The molecular formula is C24H25NO2. The van der Waals surface area contributed by atoms with Crippen LogP contribution in [0.1, 0.15) is 36.6 Å². The number of hydrogen-bond donors (Lipinski definition) is 1. The van der Waals surface area contributed by atoms with Gasteiger partial charge in [0, 0.05) is 0 Å². The lowest BCUT2D eigenvalue weighted by Crippen LogP contribution is -2.44. The Morgan fingerprint density at radius 1 is 0.852 bits per heavy atom. The molecule has 0 saturated carbocycles. The summed E-state index contributed by atoms with van der Waals surface area (Å²) in [6, 6.07) is 27.5. The molecule has 0 saturated heterocycles. The van der Waals surface area contributed by atoms with Crippen molar-refractivity contribution in [2.45, 2.75) is 25.3 Å². The Balaban J connectivity index is 1.91. The normalized spacial score (nSPS) is 12.3. The van der Waals surface area contributed by atoms with E-state index in [4.69, 9.17) is 4.74 Å². The number of methoxy groups -OCH3 is 1. The zero-order valence-corrected chi connectivity index (χ0v) is 16.0. The number of carbonyl (C=O) groups excluding carboxylic acids is 1. The standard InChI is InChI=1S/C24H25NO2/c1-18(19-14-16-22(27-3)17-15-19)25-23(26)24(2,20-10-6-4-7-11-20)21-12-8-5-9-13-21/h4-18H,1-3H3,(H,25,26)/t18-/m0/s1. The summed E-state index contributed by atoms with van der Waals surface area (Å²) < 4.78 is 5.21. The van der Waals surface area contributed by atoms with Crippen molar-refractivity contribution in [1.82, 2.24) is 5.32 Å². The average Bonchev–Trinajstić information content (AvgIpc) is 2.74. The topological polar surface area (TPSA) is 38.3 Å². The van der Waals surface area contributed by atoms with Gasteiger partial charge < -0.3 is 10.1 Å². The van der Waals surface area contributed by atoms with E-state index in [1.807, 2.05) is 98.8 Å². The highest BCUT2D eigenvalue weighted by Crippen LogP contribution is 2.33. The van der Waals surface area contributed by atoms with Crippen LogP contribution in [0.3, 0.4) is 0 Å². The van der Waals surface area contributed by atoms with Crippen LogP contribution in [-0.2, 0) is 10.2 Å². The fourth-order valence-electron chi connectivity index (χ4n) is 3.29. The Labute approximate surface area is 161 Å². The summed E-state index contributed by atoms with van der Waals surface area (Å²) in [7, 11) is 1.64. The zero-order valence-electron chi connectivity index (χ0n) is 16.0. The Morgan fingerprint density at radius 3 is 1.78 bits per heavy atom. The van der Waals surface area contributed by atoms with Gasteiger partial charge in [-0.25, -0.2) is 0 Å². The van der Waals surface area contributed by atoms with Gasteiger partial charge in [-0.15, -0.1) is 0 Å². The van der Waals surface area contributed by atoms with Crippen LogP contribution < -0.4 is 10.1 Å². The van der Waals surface area contributed by atoms with Gasteiger partial charge in [-0.1, -0.05) is 72.8 Å². The molecule has 27 heavy (non-hydrogen) atoms. The van der Waals surface area contributed by atoms with Gasteiger partial charge in [0.25, 0.3) is 0 Å². The molecule has 0 bridgehead atoms. The van der Waals surface area contributed by atoms with Gasteiger partial charge in [-0.2, -0.15) is 0 Å². The van der Waals surface area contributed by atoms with Crippen LogP contribution in [0.15, 0.2) is 84.9 Å². The van der Waals surface area contributed by atoms with Gasteiger partial charge in [0.15, 0.2) is 0 Å². The Morgan fingerprint density at radius 2 is 1.33 bits per heavy atom. The number of amides is 1. The predicted octanol–water partition coefficient (Wildman–Crippen LogP) is 4.88. The Kier molecular flexibility index (Phi) is 5.60. The van der Waals surface area contributed by atoms with E-state index in [0.29, 0.717) is 0 Å². The highest BCUT2D eigenvalue weighted by atomic mass is 16.5. The molecule has 0 aliphatic heterocycles. The molecule has 1 N–H and O–H groups in total. The van der Waals surface area contributed by atoms with E-state index >= 15 is 0 Å². The largest absolute Gasteiger partial charge is 0.497 e. The first-order valence-corrected chi connectivity index (χ1v) is 9.11. The lowest BCUT2D eigenvalue weighted by Gasteiger charge is -2.31. The first-order valence-electron chi connectivity index (χ1n) is 9.11. The Bertz CT molecular complexity index is 834. The molecule has 0 spiro atoms. The van der Waals surface area contributed by atoms with Gasteiger partial charge in [0.1, 0.15) is 5.75 Å². The van der Waals surface area contributed by atoms with Crippen molar-refractivity contribution in [3.05, 3.63) is 102 Å². The van der Waals surface area contributed by atoms with Gasteiger partial charge in [-0.3, -0.25) is 4.79 Å². The number of nitrogens with one attached hydrogen (secondary N) is 1. The molecule has 1 amide bonds. The quantitative estimate of drug-likeness (QED) is 0.681. The molecule has 3 nitrogen and oxygen atoms in total. The van der Waals surface area contributed by atoms with Crippen LogP contribution in [0.2, 0.25) is 0 Å². The lowest BCUT2D eigenvalue weighted by atomic mass is 9.75. The summed E-state index contributed by atoms with van der Waals surface area (Å²) >= 11 is 0. The highest BCUT2D eigenvalue weighted by Gasteiger charge is 2.37. The van der Waals surface area contributed by atoms with Gasteiger partial charge in [0.2, 0.25) is 5.91 Å². The SMILES string of the molecule is COc1ccc([C@H](C)NC(=O)C(C)(c2ccccc2)c2ccccc2)cc1. The van der Waals surface area contributed by atoms with Gasteiger partial charge in [0.05, 0.1) is 18.6 Å². The maximum Gasteiger partial charge on any atom is 0.235 e. The van der Waals surface area contributed by atoms with Crippen LogP contribution in [0.4, 0.5) is 0 Å². The van der Waals surface area contributed by atoms with Crippen LogP contribution in [0.25, 0.3) is 0 Å². The van der Waals surface area contributed by atoms with E-state index < -0.39 is 5.41 Å². The van der Waals surface area contributed by atoms with Crippen LogP contribution in [0.5, 0.6) is 5.75 Å². The third-order valence-corrected chi connectivity index (χ3v) is 5.12. The number of ether oxygens (including phenoxy) is 1. The van der Waals surface area contributed by atoms with Gasteiger partial charge >= 0.3 is 0 Å². The number of benzene rings is 3. The van der Waals surface area contributed by atoms with Crippen LogP contribution in [-0.4, -0.2) is 13.0 Å². The van der Waals surface area contributed by atoms with Crippen molar-refractivity contribution < 1.29 is 9.53 Å². The summed E-state index contributed by atoms with van der Waals surface area (Å²) in [4.78, 5) is 13.4. The van der Waals surface area contributed by atoms with Crippen molar-refractivity contribution in [2.24, 2.45) is 0 Å². The molecule has 3 aromatic rings. The predicted molar refractivity (Wildman–Crippen MR) is 109 cm³/mol. The lowest BCUT2D eigenvalue weighted by molar-refractivity contribution is -0.125. The molecule has 0 aliphatic rings. The first-order chi connectivity index (χ1) is 13.1. The van der Waals surface area contributed by atoms with E-state index in [2.05, 4.69) is 5.32 Å². The smallest absolute Gasteiger partial charge is 0.235 e. The van der Waals surface area contributed by atoms with E-state index in [0.717, 1.165) is 22.4 Å². The summed E-state index contributed by atoms with van der Waals surface area (Å²) in [5.74, 6) is 0.777. The maximum absolute atomic E-state index is 13.4. The minimum atomic E-state index is -0.775. The molecular weight excluding hydrogens is 334 g/mol. The van der Waals surface area contributed by atoms with Gasteiger partial charge in [-0.05, 0) is 42.7 Å². The molecule has 3 heteroatoms. The zero-order chi connectivity index (χ0) is 19.3. The molecule has 1 atom stereocenters. The third kappa shape index (κ3) is 3.87. The molecule has 0 aromatic heterocycles. The molecule has 0 unspecified atom stereocenters.